The molecule has 0 saturated carbocycles. The Kier molecular flexibility index (Phi) is 5.82. The van der Waals surface area contributed by atoms with Crippen molar-refractivity contribution in [2.45, 2.75) is 19.4 Å². The lowest BCUT2D eigenvalue weighted by atomic mass is 10.0. The van der Waals surface area contributed by atoms with Crippen molar-refractivity contribution in [3.8, 4) is 5.75 Å². The number of amides is 1. The fourth-order valence-corrected chi connectivity index (χ4v) is 2.25. The van der Waals surface area contributed by atoms with Crippen LogP contribution in [0.15, 0.2) is 48.5 Å². The minimum absolute atomic E-state index is 0.104. The van der Waals surface area contributed by atoms with E-state index >= 15 is 0 Å². The van der Waals surface area contributed by atoms with Gasteiger partial charge in [0.05, 0.1) is 0 Å². The number of nitrogens with zero attached hydrogens (tertiary/aromatic N) is 1. The first kappa shape index (κ1) is 19.0. The van der Waals surface area contributed by atoms with Gasteiger partial charge in [0.15, 0.2) is 11.4 Å². The van der Waals surface area contributed by atoms with E-state index in [1.54, 1.807) is 81.5 Å². The molecule has 6 heteroatoms. The Balaban J connectivity index is 2.10. The highest BCUT2D eigenvalue weighted by atomic mass is 35.5. The number of ether oxygens (including phenoxy) is 1. The normalized spacial score (nSPS) is 11.3. The standard InChI is InChI=1S/C19H21ClN2O3/c1-19(2,18(24)21-22(3)4)25-16-11-7-14(8-12-16)17(23)13-5-9-15(20)10-6-13/h5-12H,1-4H3,(H,21,24). The molecule has 1 N–H and O–H groups in total. The lowest BCUT2D eigenvalue weighted by Gasteiger charge is -2.27. The van der Waals surface area contributed by atoms with Crippen LogP contribution in [0, 0.1) is 0 Å². The molecule has 0 unspecified atom stereocenters. The molecular formula is C19H21ClN2O3. The Hall–Kier alpha value is -2.37. The lowest BCUT2D eigenvalue weighted by Crippen LogP contribution is -2.50. The summed E-state index contributed by atoms with van der Waals surface area (Å²) in [6.45, 7) is 3.36. The van der Waals surface area contributed by atoms with Crippen LogP contribution < -0.4 is 10.2 Å². The largest absolute Gasteiger partial charge is 0.478 e. The van der Waals surface area contributed by atoms with Crippen LogP contribution in [-0.2, 0) is 4.79 Å². The van der Waals surface area contributed by atoms with Gasteiger partial charge in [-0.1, -0.05) is 11.6 Å². The molecule has 0 saturated heterocycles. The smallest absolute Gasteiger partial charge is 0.277 e. The van der Waals surface area contributed by atoms with E-state index in [9.17, 15) is 9.59 Å². The maximum atomic E-state index is 12.4. The molecule has 0 aliphatic carbocycles. The number of rotatable bonds is 6. The van der Waals surface area contributed by atoms with Crippen molar-refractivity contribution in [2.75, 3.05) is 14.1 Å². The molecule has 5 nitrogen and oxygen atoms in total. The van der Waals surface area contributed by atoms with E-state index < -0.39 is 5.60 Å². The van der Waals surface area contributed by atoms with Gasteiger partial charge >= 0.3 is 0 Å². The third kappa shape index (κ3) is 5.05. The van der Waals surface area contributed by atoms with Gasteiger partial charge in [0.2, 0.25) is 0 Å². The van der Waals surface area contributed by atoms with Gasteiger partial charge in [-0.3, -0.25) is 15.0 Å². The van der Waals surface area contributed by atoms with Crippen molar-refractivity contribution >= 4 is 23.3 Å². The summed E-state index contributed by atoms with van der Waals surface area (Å²) in [6, 6.07) is 13.4. The molecule has 0 radical (unpaired) electrons. The quantitative estimate of drug-likeness (QED) is 0.634. The average Bonchev–Trinajstić information content (AvgIpc) is 2.54. The third-order valence-corrected chi connectivity index (χ3v) is 3.72. The Bertz CT molecular complexity index is 753. The molecule has 0 aromatic heterocycles. The van der Waals surface area contributed by atoms with Crippen molar-refractivity contribution in [1.29, 1.82) is 0 Å². The van der Waals surface area contributed by atoms with Gasteiger partial charge in [0, 0.05) is 30.2 Å². The molecule has 0 atom stereocenters. The Morgan fingerprint density at radius 2 is 1.44 bits per heavy atom. The number of carbonyl (C=O) groups is 2. The average molecular weight is 361 g/mol. The van der Waals surface area contributed by atoms with Crippen molar-refractivity contribution in [3.05, 3.63) is 64.7 Å². The zero-order valence-electron chi connectivity index (χ0n) is 14.7. The number of nitrogens with one attached hydrogen (secondary N) is 1. The number of hydrazine groups is 1. The van der Waals surface area contributed by atoms with E-state index in [-0.39, 0.29) is 11.7 Å². The predicted octanol–water partition coefficient (Wildman–Crippen LogP) is 3.32. The van der Waals surface area contributed by atoms with Crippen LogP contribution in [0.2, 0.25) is 5.02 Å². The van der Waals surface area contributed by atoms with Gasteiger partial charge in [0.1, 0.15) is 5.75 Å². The summed E-state index contributed by atoms with van der Waals surface area (Å²) in [5.41, 5.74) is 2.71. The highest BCUT2D eigenvalue weighted by Crippen LogP contribution is 2.21. The molecule has 2 aromatic rings. The van der Waals surface area contributed by atoms with Crippen molar-refractivity contribution < 1.29 is 14.3 Å². The van der Waals surface area contributed by atoms with Gasteiger partial charge < -0.3 is 4.74 Å². The second-order valence-corrected chi connectivity index (χ2v) is 6.74. The van der Waals surface area contributed by atoms with Gasteiger partial charge in [0.25, 0.3) is 5.91 Å². The highest BCUT2D eigenvalue weighted by molar-refractivity contribution is 6.30. The van der Waals surface area contributed by atoms with Gasteiger partial charge in [-0.05, 0) is 62.4 Å². The zero-order valence-corrected chi connectivity index (χ0v) is 15.4. The van der Waals surface area contributed by atoms with Gasteiger partial charge in [-0.15, -0.1) is 0 Å². The first-order valence-electron chi connectivity index (χ1n) is 7.77. The Labute approximate surface area is 152 Å². The van der Waals surface area contributed by atoms with Crippen molar-refractivity contribution in [3.63, 3.8) is 0 Å². The predicted molar refractivity (Wildman–Crippen MR) is 97.9 cm³/mol. The third-order valence-electron chi connectivity index (χ3n) is 3.47. The Morgan fingerprint density at radius 3 is 1.92 bits per heavy atom. The summed E-state index contributed by atoms with van der Waals surface area (Å²) in [6.07, 6.45) is 0. The minimum atomic E-state index is -1.05. The molecule has 0 spiro atoms. The molecule has 1 amide bonds. The van der Waals surface area contributed by atoms with Crippen LogP contribution in [0.3, 0.4) is 0 Å². The zero-order chi connectivity index (χ0) is 18.6. The van der Waals surface area contributed by atoms with Crippen LogP contribution >= 0.6 is 11.6 Å². The highest BCUT2D eigenvalue weighted by Gasteiger charge is 2.30. The number of halogens is 1. The number of hydrogen-bond donors (Lipinski definition) is 1. The van der Waals surface area contributed by atoms with Crippen LogP contribution in [0.1, 0.15) is 29.8 Å². The summed E-state index contributed by atoms with van der Waals surface area (Å²) < 4.78 is 5.75. The van der Waals surface area contributed by atoms with Gasteiger partial charge in [-0.2, -0.15) is 0 Å². The molecule has 25 heavy (non-hydrogen) atoms. The SMILES string of the molecule is CN(C)NC(=O)C(C)(C)Oc1ccc(C(=O)c2ccc(Cl)cc2)cc1. The van der Waals surface area contributed by atoms with Crippen molar-refractivity contribution in [1.82, 2.24) is 10.4 Å². The van der Waals surface area contributed by atoms with Crippen LogP contribution in [-0.4, -0.2) is 36.4 Å². The molecule has 0 aliphatic rings. The number of benzene rings is 2. The summed E-state index contributed by atoms with van der Waals surface area (Å²) in [5.74, 6) is 0.137. The van der Waals surface area contributed by atoms with E-state index in [0.29, 0.717) is 21.9 Å². The molecule has 132 valence electrons. The summed E-state index contributed by atoms with van der Waals surface area (Å²) in [7, 11) is 3.45. The van der Waals surface area contributed by atoms with Crippen molar-refractivity contribution in [2.24, 2.45) is 0 Å². The van der Waals surface area contributed by atoms with E-state index in [0.717, 1.165) is 0 Å². The fraction of sp³-hybridized carbons (Fsp3) is 0.263. The second-order valence-electron chi connectivity index (χ2n) is 6.31. The van der Waals surface area contributed by atoms with E-state index in [2.05, 4.69) is 5.43 Å². The summed E-state index contributed by atoms with van der Waals surface area (Å²) in [5, 5.41) is 2.14. The van der Waals surface area contributed by atoms with E-state index in [4.69, 9.17) is 16.3 Å². The minimum Gasteiger partial charge on any atom is -0.478 e. The van der Waals surface area contributed by atoms with Crippen LogP contribution in [0.5, 0.6) is 5.75 Å². The molecule has 0 heterocycles. The van der Waals surface area contributed by atoms with E-state index in [1.807, 2.05) is 0 Å². The van der Waals surface area contributed by atoms with Gasteiger partial charge in [-0.25, -0.2) is 5.01 Å². The molecule has 2 rings (SSSR count). The fourth-order valence-electron chi connectivity index (χ4n) is 2.12. The number of carbonyl (C=O) groups excluding carboxylic acids is 2. The van der Waals surface area contributed by atoms with Crippen LogP contribution in [0.25, 0.3) is 0 Å². The number of ketones is 1. The van der Waals surface area contributed by atoms with E-state index in [1.165, 1.54) is 0 Å². The summed E-state index contributed by atoms with van der Waals surface area (Å²) in [4.78, 5) is 24.6. The van der Waals surface area contributed by atoms with Crippen LogP contribution in [0.4, 0.5) is 0 Å². The monoisotopic (exact) mass is 360 g/mol. The first-order valence-corrected chi connectivity index (χ1v) is 8.14. The molecular weight excluding hydrogens is 340 g/mol. The maximum absolute atomic E-state index is 12.4. The topological polar surface area (TPSA) is 58.6 Å². The number of hydrogen-bond acceptors (Lipinski definition) is 4. The molecule has 0 bridgehead atoms. The first-order chi connectivity index (χ1) is 11.7. The molecule has 0 aliphatic heterocycles. The molecule has 0 fully saturated rings. The maximum Gasteiger partial charge on any atom is 0.277 e. The Morgan fingerprint density at radius 1 is 0.960 bits per heavy atom. The molecule has 2 aromatic carbocycles. The lowest BCUT2D eigenvalue weighted by molar-refractivity contribution is -0.138. The summed E-state index contributed by atoms with van der Waals surface area (Å²) >= 11 is 5.84. The second kappa shape index (κ2) is 7.68.